The van der Waals surface area contributed by atoms with Gasteiger partial charge in [0.25, 0.3) is 0 Å². The number of para-hydroxylation sites is 2. The molecule has 2 aromatic rings. The van der Waals surface area contributed by atoms with Crippen LogP contribution in [-0.2, 0) is 0 Å². The lowest BCUT2D eigenvalue weighted by molar-refractivity contribution is -0.938. The van der Waals surface area contributed by atoms with Gasteiger partial charge in [-0.15, -0.1) is 0 Å². The summed E-state index contributed by atoms with van der Waals surface area (Å²) in [6.07, 6.45) is 0. The number of nitrogens with one attached hydrogen (secondary N) is 1. The zero-order valence-corrected chi connectivity index (χ0v) is 15.2. The second-order valence-corrected chi connectivity index (χ2v) is 6.43. The molecule has 0 aromatic heterocycles. The topological polar surface area (TPSA) is 53.8 Å². The Bertz CT molecular complexity index is 667. The summed E-state index contributed by atoms with van der Waals surface area (Å²) in [4.78, 5) is 4.03. The highest BCUT2D eigenvalue weighted by Crippen LogP contribution is 2.27. The lowest BCUT2D eigenvalue weighted by Crippen LogP contribution is -3.16. The number of quaternary nitrogens is 2. The Morgan fingerprint density at radius 2 is 1.68 bits per heavy atom. The monoisotopic (exact) mass is 343 g/mol. The van der Waals surface area contributed by atoms with E-state index in [0.29, 0.717) is 6.04 Å². The van der Waals surface area contributed by atoms with Gasteiger partial charge < -0.3 is 25.0 Å². The van der Waals surface area contributed by atoms with E-state index in [1.807, 2.05) is 24.3 Å². The fraction of sp³-hybridized carbons (Fsp3) is 0.400. The molecule has 4 N–H and O–H groups in total. The molecule has 0 saturated carbocycles. The molecule has 25 heavy (non-hydrogen) atoms. The average molecular weight is 343 g/mol. The third-order valence-corrected chi connectivity index (χ3v) is 5.13. The van der Waals surface area contributed by atoms with Crippen molar-refractivity contribution in [2.75, 3.05) is 51.8 Å². The molecular weight excluding hydrogens is 314 g/mol. The standard InChI is InChI=1S/C20H27N3O2/c1-24-17-9-7-16(8-10-17)19(15-21)23-13-11-22(12-14-23)18-5-3-4-6-20(18)25-2/h3-10,19H,11-15,21H2,1-2H3/p+2/t19-/m0/s1. The Kier molecular flexibility index (Phi) is 5.79. The second kappa shape index (κ2) is 8.23. The molecule has 1 fully saturated rings. The van der Waals surface area contributed by atoms with Crippen molar-refractivity contribution >= 4 is 5.69 Å². The molecule has 1 atom stereocenters. The third kappa shape index (κ3) is 3.89. The zero-order valence-electron chi connectivity index (χ0n) is 15.2. The maximum Gasteiger partial charge on any atom is 0.163 e. The van der Waals surface area contributed by atoms with E-state index < -0.39 is 0 Å². The molecule has 1 heterocycles. The van der Waals surface area contributed by atoms with Crippen molar-refractivity contribution < 1.29 is 20.1 Å². The number of hydrogen-bond donors (Lipinski definition) is 2. The second-order valence-electron chi connectivity index (χ2n) is 6.43. The normalized spacial score (nSPS) is 16.5. The molecule has 1 aliphatic heterocycles. The minimum Gasteiger partial charge on any atom is -0.497 e. The van der Waals surface area contributed by atoms with E-state index in [0.717, 1.165) is 44.2 Å². The Morgan fingerprint density at radius 1 is 1.00 bits per heavy atom. The van der Waals surface area contributed by atoms with Crippen LogP contribution in [0.4, 0.5) is 5.69 Å². The summed E-state index contributed by atoms with van der Waals surface area (Å²) in [7, 11) is 3.44. The van der Waals surface area contributed by atoms with Crippen LogP contribution < -0.4 is 25.0 Å². The predicted octanol–water partition coefficient (Wildman–Crippen LogP) is 0.392. The number of piperazine rings is 1. The van der Waals surface area contributed by atoms with Crippen molar-refractivity contribution in [3.05, 3.63) is 54.1 Å². The van der Waals surface area contributed by atoms with Crippen LogP contribution in [0.25, 0.3) is 0 Å². The molecule has 0 radical (unpaired) electrons. The Morgan fingerprint density at radius 3 is 2.28 bits per heavy atom. The van der Waals surface area contributed by atoms with Gasteiger partial charge in [-0.3, -0.25) is 0 Å². The summed E-state index contributed by atoms with van der Waals surface area (Å²) in [5.41, 5.74) is 6.74. The van der Waals surface area contributed by atoms with Crippen molar-refractivity contribution in [1.82, 2.24) is 0 Å². The molecule has 0 bridgehead atoms. The van der Waals surface area contributed by atoms with Gasteiger partial charge in [-0.1, -0.05) is 12.1 Å². The maximum absolute atomic E-state index is 5.51. The number of hydrogen-bond acceptors (Lipinski definition) is 3. The number of ether oxygens (including phenoxy) is 2. The number of benzene rings is 2. The lowest BCUT2D eigenvalue weighted by Gasteiger charge is -2.37. The highest BCUT2D eigenvalue weighted by molar-refractivity contribution is 5.58. The quantitative estimate of drug-likeness (QED) is 0.798. The minimum absolute atomic E-state index is 0.436. The van der Waals surface area contributed by atoms with E-state index in [-0.39, 0.29) is 0 Å². The molecule has 1 aliphatic rings. The van der Waals surface area contributed by atoms with Gasteiger partial charge in [-0.2, -0.15) is 0 Å². The fourth-order valence-electron chi connectivity index (χ4n) is 3.72. The molecule has 1 saturated heterocycles. The summed E-state index contributed by atoms with van der Waals surface area (Å²) in [6, 6.07) is 17.1. The van der Waals surface area contributed by atoms with Crippen molar-refractivity contribution in [3.63, 3.8) is 0 Å². The Labute approximate surface area is 149 Å². The summed E-state index contributed by atoms with van der Waals surface area (Å²) in [5.74, 6) is 1.86. The van der Waals surface area contributed by atoms with Crippen LogP contribution in [0.1, 0.15) is 11.6 Å². The van der Waals surface area contributed by atoms with Crippen molar-refractivity contribution in [3.8, 4) is 11.5 Å². The largest absolute Gasteiger partial charge is 0.497 e. The van der Waals surface area contributed by atoms with E-state index >= 15 is 0 Å². The summed E-state index contributed by atoms with van der Waals surface area (Å²) >= 11 is 0. The highest BCUT2D eigenvalue weighted by atomic mass is 16.5. The lowest BCUT2D eigenvalue weighted by atomic mass is 10.0. The number of nitrogens with zero attached hydrogens (tertiary/aromatic N) is 1. The van der Waals surface area contributed by atoms with E-state index in [2.05, 4.69) is 34.9 Å². The number of methoxy groups -OCH3 is 2. The molecule has 0 spiro atoms. The smallest absolute Gasteiger partial charge is 0.163 e. The number of anilines is 1. The van der Waals surface area contributed by atoms with E-state index in [4.69, 9.17) is 9.47 Å². The molecular formula is C20H29N3O2+2. The molecule has 0 aliphatic carbocycles. The molecule has 0 amide bonds. The summed E-state index contributed by atoms with van der Waals surface area (Å²) < 4.78 is 10.8. The van der Waals surface area contributed by atoms with Gasteiger partial charge in [0.05, 0.1) is 46.1 Å². The van der Waals surface area contributed by atoms with Crippen LogP contribution >= 0.6 is 0 Å². The summed E-state index contributed by atoms with van der Waals surface area (Å²) in [6.45, 7) is 5.16. The first-order valence-corrected chi connectivity index (χ1v) is 8.92. The van der Waals surface area contributed by atoms with Crippen LogP contribution in [-0.4, -0.2) is 46.9 Å². The van der Waals surface area contributed by atoms with Crippen LogP contribution in [0.5, 0.6) is 11.5 Å². The van der Waals surface area contributed by atoms with Crippen LogP contribution in [0.2, 0.25) is 0 Å². The predicted molar refractivity (Wildman–Crippen MR) is 99.4 cm³/mol. The van der Waals surface area contributed by atoms with E-state index in [1.165, 1.54) is 11.3 Å². The van der Waals surface area contributed by atoms with Gasteiger partial charge in [0.1, 0.15) is 18.0 Å². The van der Waals surface area contributed by atoms with Gasteiger partial charge in [-0.05, 0) is 36.4 Å². The fourth-order valence-corrected chi connectivity index (χ4v) is 3.72. The van der Waals surface area contributed by atoms with Gasteiger partial charge in [0.2, 0.25) is 0 Å². The average Bonchev–Trinajstić information content (AvgIpc) is 2.69. The van der Waals surface area contributed by atoms with Gasteiger partial charge in [0, 0.05) is 5.56 Å². The first kappa shape index (κ1) is 17.6. The Hall–Kier alpha value is -2.24. The van der Waals surface area contributed by atoms with E-state index in [9.17, 15) is 0 Å². The van der Waals surface area contributed by atoms with Crippen LogP contribution in [0.15, 0.2) is 48.5 Å². The zero-order chi connectivity index (χ0) is 17.6. The van der Waals surface area contributed by atoms with Gasteiger partial charge in [0.15, 0.2) is 6.04 Å². The SMILES string of the molecule is COc1ccc([C@H](C[NH3+])[NH+]2CCN(c3ccccc3OC)CC2)cc1. The highest BCUT2D eigenvalue weighted by Gasteiger charge is 2.29. The molecule has 3 rings (SSSR count). The third-order valence-electron chi connectivity index (χ3n) is 5.13. The van der Waals surface area contributed by atoms with Crippen molar-refractivity contribution in [1.29, 1.82) is 0 Å². The van der Waals surface area contributed by atoms with Gasteiger partial charge in [-0.25, -0.2) is 0 Å². The van der Waals surface area contributed by atoms with Crippen molar-refractivity contribution in [2.24, 2.45) is 0 Å². The molecule has 0 unspecified atom stereocenters. The molecule has 5 nitrogen and oxygen atoms in total. The van der Waals surface area contributed by atoms with E-state index in [1.54, 1.807) is 19.1 Å². The first-order valence-electron chi connectivity index (χ1n) is 8.92. The maximum atomic E-state index is 5.51. The molecule has 5 heteroatoms. The summed E-state index contributed by atoms with van der Waals surface area (Å²) in [5, 5.41) is 0. The Balaban J connectivity index is 1.67. The first-order chi connectivity index (χ1) is 12.3. The molecule has 2 aromatic carbocycles. The van der Waals surface area contributed by atoms with Crippen molar-refractivity contribution in [2.45, 2.75) is 6.04 Å². The molecule has 134 valence electrons. The van der Waals surface area contributed by atoms with Gasteiger partial charge >= 0.3 is 0 Å². The minimum atomic E-state index is 0.436. The van der Waals surface area contributed by atoms with Crippen LogP contribution in [0, 0.1) is 0 Å². The number of rotatable bonds is 6. The van der Waals surface area contributed by atoms with Crippen LogP contribution in [0.3, 0.4) is 0 Å².